The highest BCUT2D eigenvalue weighted by Gasteiger charge is 2.24. The molecule has 1 aliphatic rings. The Morgan fingerprint density at radius 1 is 1.36 bits per heavy atom. The maximum atomic E-state index is 5.82. The average molecular weight is 302 g/mol. The van der Waals surface area contributed by atoms with E-state index in [0.29, 0.717) is 3.92 Å². The van der Waals surface area contributed by atoms with Gasteiger partial charge in [0.1, 0.15) is 11.4 Å². The second-order valence-corrected chi connectivity index (χ2v) is 6.25. The zero-order chi connectivity index (χ0) is 10.3. The first-order valence-electron chi connectivity index (χ1n) is 4.91. The molecule has 1 aromatic rings. The lowest BCUT2D eigenvalue weighted by atomic mass is 9.88. The summed E-state index contributed by atoms with van der Waals surface area (Å²) in [6, 6.07) is 6.44. The van der Waals surface area contributed by atoms with E-state index < -0.39 is 0 Å². The monoisotopic (exact) mass is 302 g/mol. The number of halogens is 1. The predicted molar refractivity (Wildman–Crippen MR) is 67.3 cm³/mol. The van der Waals surface area contributed by atoms with Gasteiger partial charge in [-0.2, -0.15) is 0 Å². The normalized spacial score (nSPS) is 19.9. The zero-order valence-corrected chi connectivity index (χ0v) is 11.0. The minimum atomic E-state index is -0.0985. The highest BCUT2D eigenvalue weighted by molar-refractivity contribution is 14.1. The van der Waals surface area contributed by atoms with Crippen LogP contribution in [-0.2, 0) is 6.42 Å². The van der Waals surface area contributed by atoms with E-state index in [9.17, 15) is 0 Å². The van der Waals surface area contributed by atoms with Crippen LogP contribution >= 0.6 is 22.6 Å². The van der Waals surface area contributed by atoms with Crippen LogP contribution in [-0.4, -0.2) is 5.60 Å². The van der Waals surface area contributed by atoms with E-state index >= 15 is 0 Å². The maximum Gasteiger partial charge on any atom is 0.120 e. The second-order valence-electron chi connectivity index (χ2n) is 4.75. The molecule has 0 heterocycles. The first-order chi connectivity index (χ1) is 6.46. The predicted octanol–water partition coefficient (Wildman–Crippen LogP) is 3.90. The minimum Gasteiger partial charge on any atom is -0.488 e. The van der Waals surface area contributed by atoms with E-state index in [-0.39, 0.29) is 5.60 Å². The standard InChI is InChI=1S/C12H15IO/c1-12(2,3)14-9-5-4-8-6-11(13)10(8)7-9/h4-5,7,11H,6H2,1-3H3. The largest absolute Gasteiger partial charge is 0.488 e. The van der Waals surface area contributed by atoms with Crippen molar-refractivity contribution in [3.8, 4) is 5.75 Å². The summed E-state index contributed by atoms with van der Waals surface area (Å²) in [6.07, 6.45) is 1.21. The Bertz CT molecular complexity index is 352. The van der Waals surface area contributed by atoms with E-state index in [4.69, 9.17) is 4.74 Å². The summed E-state index contributed by atoms with van der Waals surface area (Å²) in [5, 5.41) is 0. The third-order valence-corrected chi connectivity index (χ3v) is 3.39. The Kier molecular flexibility index (Phi) is 2.50. The third-order valence-electron chi connectivity index (χ3n) is 2.28. The fourth-order valence-corrected chi connectivity index (χ4v) is 2.69. The van der Waals surface area contributed by atoms with Gasteiger partial charge in [-0.05, 0) is 50.5 Å². The summed E-state index contributed by atoms with van der Waals surface area (Å²) in [7, 11) is 0. The van der Waals surface area contributed by atoms with Crippen LogP contribution in [0.4, 0.5) is 0 Å². The minimum absolute atomic E-state index is 0.0985. The highest BCUT2D eigenvalue weighted by Crippen LogP contribution is 2.42. The van der Waals surface area contributed by atoms with E-state index in [1.165, 1.54) is 17.5 Å². The van der Waals surface area contributed by atoms with Gasteiger partial charge in [-0.3, -0.25) is 0 Å². The Balaban J connectivity index is 2.21. The number of rotatable bonds is 1. The molecule has 0 fully saturated rings. The van der Waals surface area contributed by atoms with Crippen LogP contribution < -0.4 is 4.74 Å². The molecule has 14 heavy (non-hydrogen) atoms. The van der Waals surface area contributed by atoms with Crippen LogP contribution in [0, 0.1) is 0 Å². The van der Waals surface area contributed by atoms with Gasteiger partial charge in [-0.15, -0.1) is 0 Å². The van der Waals surface area contributed by atoms with Crippen LogP contribution in [0.2, 0.25) is 0 Å². The molecule has 0 aliphatic heterocycles. The summed E-state index contributed by atoms with van der Waals surface area (Å²) in [5.41, 5.74) is 2.83. The van der Waals surface area contributed by atoms with Gasteiger partial charge in [0.2, 0.25) is 0 Å². The van der Waals surface area contributed by atoms with Gasteiger partial charge in [-0.1, -0.05) is 28.7 Å². The van der Waals surface area contributed by atoms with Crippen molar-refractivity contribution in [3.05, 3.63) is 29.3 Å². The number of benzene rings is 1. The Labute approximate surface area is 99.0 Å². The van der Waals surface area contributed by atoms with Crippen molar-refractivity contribution >= 4 is 22.6 Å². The van der Waals surface area contributed by atoms with Gasteiger partial charge in [0.15, 0.2) is 0 Å². The molecule has 1 unspecified atom stereocenters. The maximum absolute atomic E-state index is 5.82. The Morgan fingerprint density at radius 3 is 2.64 bits per heavy atom. The first kappa shape index (κ1) is 10.3. The highest BCUT2D eigenvalue weighted by atomic mass is 127. The van der Waals surface area contributed by atoms with Gasteiger partial charge in [0.25, 0.3) is 0 Å². The molecule has 0 saturated heterocycles. The van der Waals surface area contributed by atoms with Crippen molar-refractivity contribution in [1.29, 1.82) is 0 Å². The second kappa shape index (κ2) is 3.40. The van der Waals surface area contributed by atoms with E-state index in [1.54, 1.807) is 0 Å². The van der Waals surface area contributed by atoms with Crippen LogP contribution in [0.15, 0.2) is 18.2 Å². The Morgan fingerprint density at radius 2 is 2.07 bits per heavy atom. The molecule has 1 nitrogen and oxygen atoms in total. The summed E-state index contributed by atoms with van der Waals surface area (Å²) in [5.74, 6) is 0.998. The number of alkyl halides is 1. The molecule has 0 aromatic heterocycles. The zero-order valence-electron chi connectivity index (χ0n) is 8.80. The van der Waals surface area contributed by atoms with E-state index in [0.717, 1.165) is 5.75 Å². The fraction of sp³-hybridized carbons (Fsp3) is 0.500. The number of fused-ring (bicyclic) bond motifs is 1. The van der Waals surface area contributed by atoms with Crippen LogP contribution in [0.3, 0.4) is 0 Å². The Hall–Kier alpha value is -0.250. The van der Waals surface area contributed by atoms with Crippen molar-refractivity contribution in [3.63, 3.8) is 0 Å². The smallest absolute Gasteiger partial charge is 0.120 e. The SMILES string of the molecule is CC(C)(C)Oc1ccc2c(c1)C(I)C2. The van der Waals surface area contributed by atoms with Crippen LogP contribution in [0.1, 0.15) is 35.8 Å². The first-order valence-corrected chi connectivity index (χ1v) is 6.16. The number of hydrogen-bond donors (Lipinski definition) is 0. The van der Waals surface area contributed by atoms with Gasteiger partial charge < -0.3 is 4.74 Å². The quantitative estimate of drug-likeness (QED) is 0.565. The summed E-state index contributed by atoms with van der Waals surface area (Å²) < 4.78 is 6.50. The van der Waals surface area contributed by atoms with Crippen molar-refractivity contribution in [1.82, 2.24) is 0 Å². The number of ether oxygens (including phenoxy) is 1. The molecule has 1 atom stereocenters. The molecule has 2 heteroatoms. The molecule has 0 spiro atoms. The molecule has 76 valence electrons. The third kappa shape index (κ3) is 2.05. The summed E-state index contributed by atoms with van der Waals surface area (Å²) in [6.45, 7) is 6.23. The molecule has 0 saturated carbocycles. The van der Waals surface area contributed by atoms with Crippen molar-refractivity contribution in [2.75, 3.05) is 0 Å². The molecular weight excluding hydrogens is 287 g/mol. The molecule has 2 rings (SSSR count). The van der Waals surface area contributed by atoms with E-state index in [1.807, 2.05) is 0 Å². The molecule has 0 bridgehead atoms. The average Bonchev–Trinajstić information content (AvgIpc) is 2.04. The van der Waals surface area contributed by atoms with E-state index in [2.05, 4.69) is 61.6 Å². The lowest BCUT2D eigenvalue weighted by Gasteiger charge is -2.28. The molecule has 1 aromatic carbocycles. The van der Waals surface area contributed by atoms with Gasteiger partial charge >= 0.3 is 0 Å². The van der Waals surface area contributed by atoms with Gasteiger partial charge in [0, 0.05) is 3.92 Å². The summed E-state index contributed by atoms with van der Waals surface area (Å²) >= 11 is 2.48. The molecule has 0 N–H and O–H groups in total. The van der Waals surface area contributed by atoms with Crippen LogP contribution in [0.5, 0.6) is 5.75 Å². The molecular formula is C12H15IO. The fourth-order valence-electron chi connectivity index (χ4n) is 1.64. The lowest BCUT2D eigenvalue weighted by molar-refractivity contribution is 0.130. The summed E-state index contributed by atoms with van der Waals surface area (Å²) in [4.78, 5) is 0. The van der Waals surface area contributed by atoms with Crippen molar-refractivity contribution < 1.29 is 4.74 Å². The van der Waals surface area contributed by atoms with Gasteiger partial charge in [-0.25, -0.2) is 0 Å². The van der Waals surface area contributed by atoms with Crippen LogP contribution in [0.25, 0.3) is 0 Å². The number of hydrogen-bond acceptors (Lipinski definition) is 1. The molecule has 1 aliphatic carbocycles. The topological polar surface area (TPSA) is 9.23 Å². The lowest BCUT2D eigenvalue weighted by Crippen LogP contribution is -2.23. The molecule has 0 amide bonds. The van der Waals surface area contributed by atoms with Gasteiger partial charge in [0.05, 0.1) is 0 Å². The van der Waals surface area contributed by atoms with Crippen molar-refractivity contribution in [2.24, 2.45) is 0 Å². The molecule has 0 radical (unpaired) electrons. The van der Waals surface area contributed by atoms with Crippen molar-refractivity contribution in [2.45, 2.75) is 36.7 Å².